The van der Waals surface area contributed by atoms with Crippen LogP contribution in [0.2, 0.25) is 5.02 Å². The number of rotatable bonds is 5. The van der Waals surface area contributed by atoms with Gasteiger partial charge in [0.05, 0.1) is 5.69 Å². The van der Waals surface area contributed by atoms with Crippen LogP contribution in [-0.4, -0.2) is 27.3 Å². The number of benzene rings is 2. The fraction of sp³-hybridized carbons (Fsp3) is 0.182. The number of halogens is 1. The third-order valence-electron chi connectivity index (χ3n) is 5.01. The molecule has 8 heteroatoms. The third kappa shape index (κ3) is 3.84. The van der Waals surface area contributed by atoms with Crippen molar-refractivity contribution in [2.24, 2.45) is 7.05 Å². The molecule has 2 aromatic carbocycles. The van der Waals surface area contributed by atoms with Crippen LogP contribution in [0.1, 0.15) is 40.6 Å². The first-order valence-electron chi connectivity index (χ1n) is 9.43. The lowest BCUT2D eigenvalue weighted by Gasteiger charge is -2.20. The van der Waals surface area contributed by atoms with E-state index >= 15 is 0 Å². The zero-order chi connectivity index (χ0) is 21.3. The van der Waals surface area contributed by atoms with Gasteiger partial charge in [-0.2, -0.15) is 0 Å². The molecule has 1 aliphatic heterocycles. The lowest BCUT2D eigenvalue weighted by Crippen LogP contribution is -2.32. The highest BCUT2D eigenvalue weighted by atomic mass is 35.5. The average Bonchev–Trinajstić information content (AvgIpc) is 3.31. The van der Waals surface area contributed by atoms with Crippen molar-refractivity contribution in [1.82, 2.24) is 14.9 Å². The first kappa shape index (κ1) is 19.8. The number of imide groups is 1. The minimum atomic E-state index is -0.506. The van der Waals surface area contributed by atoms with Crippen LogP contribution >= 0.6 is 11.6 Å². The fourth-order valence-electron chi connectivity index (χ4n) is 3.47. The van der Waals surface area contributed by atoms with Gasteiger partial charge in [-0.25, -0.2) is 4.98 Å². The van der Waals surface area contributed by atoms with Crippen LogP contribution < -0.4 is 10.2 Å². The molecule has 4 rings (SSSR count). The van der Waals surface area contributed by atoms with E-state index in [-0.39, 0.29) is 30.6 Å². The first-order valence-corrected chi connectivity index (χ1v) is 9.81. The summed E-state index contributed by atoms with van der Waals surface area (Å²) in [5.41, 5.74) is 1.56. The Kier molecular flexibility index (Phi) is 5.37. The molecular weight excluding hydrogens is 404 g/mol. The van der Waals surface area contributed by atoms with E-state index in [1.165, 1.54) is 0 Å². The van der Waals surface area contributed by atoms with Crippen molar-refractivity contribution in [3.8, 4) is 0 Å². The molecule has 0 saturated carbocycles. The summed E-state index contributed by atoms with van der Waals surface area (Å²) in [4.78, 5) is 42.6. The van der Waals surface area contributed by atoms with Crippen LogP contribution in [0, 0.1) is 0 Å². The smallest absolute Gasteiger partial charge is 0.252 e. The zero-order valence-electron chi connectivity index (χ0n) is 16.2. The number of imidazole rings is 1. The summed E-state index contributed by atoms with van der Waals surface area (Å²) in [7, 11) is 1.85. The molecule has 0 spiro atoms. The number of carbonyl (C=O) groups is 3. The van der Waals surface area contributed by atoms with Crippen LogP contribution in [0.5, 0.6) is 0 Å². The van der Waals surface area contributed by atoms with Gasteiger partial charge in [-0.05, 0) is 35.9 Å². The standard InChI is InChI=1S/C22H19ClN4O3/c1-26-12-11-24-21(26)20(14-5-7-16(23)8-6-14)25-22(30)15-3-2-4-17(13-15)27-18(28)9-10-19(27)29/h2-8,11-13,20H,9-10H2,1H3,(H,25,30)/t20-/m0/s1. The molecule has 0 bridgehead atoms. The topological polar surface area (TPSA) is 84.3 Å². The highest BCUT2D eigenvalue weighted by Gasteiger charge is 2.30. The Balaban J connectivity index is 1.64. The highest BCUT2D eigenvalue weighted by molar-refractivity contribution is 6.30. The molecule has 0 unspecified atom stereocenters. The Morgan fingerprint density at radius 2 is 1.80 bits per heavy atom. The van der Waals surface area contributed by atoms with E-state index in [0.717, 1.165) is 10.5 Å². The van der Waals surface area contributed by atoms with Crippen LogP contribution in [0.4, 0.5) is 5.69 Å². The van der Waals surface area contributed by atoms with Crippen molar-refractivity contribution >= 4 is 35.0 Å². The van der Waals surface area contributed by atoms with E-state index in [1.807, 2.05) is 23.7 Å². The second-order valence-electron chi connectivity index (χ2n) is 7.03. The number of nitrogens with zero attached hydrogens (tertiary/aromatic N) is 3. The number of hydrogen-bond donors (Lipinski definition) is 1. The molecule has 1 fully saturated rings. The average molecular weight is 423 g/mol. The van der Waals surface area contributed by atoms with Crippen molar-refractivity contribution in [1.29, 1.82) is 0 Å². The van der Waals surface area contributed by atoms with Crippen LogP contribution in [-0.2, 0) is 16.6 Å². The molecule has 1 aliphatic rings. The lowest BCUT2D eigenvalue weighted by molar-refractivity contribution is -0.121. The fourth-order valence-corrected chi connectivity index (χ4v) is 3.60. The first-order chi connectivity index (χ1) is 14.4. The molecule has 3 aromatic rings. The van der Waals surface area contributed by atoms with Crippen molar-refractivity contribution in [3.63, 3.8) is 0 Å². The Bertz CT molecular complexity index is 1110. The maximum absolute atomic E-state index is 13.1. The van der Waals surface area contributed by atoms with Gasteiger partial charge in [0.25, 0.3) is 5.91 Å². The minimum absolute atomic E-state index is 0.188. The number of anilines is 1. The molecule has 30 heavy (non-hydrogen) atoms. The summed E-state index contributed by atoms with van der Waals surface area (Å²) in [6.07, 6.45) is 3.84. The second-order valence-corrected chi connectivity index (χ2v) is 7.46. The number of aryl methyl sites for hydroxylation is 1. The van der Waals surface area contributed by atoms with Gasteiger partial charge in [-0.3, -0.25) is 19.3 Å². The molecule has 1 atom stereocenters. The summed E-state index contributed by atoms with van der Waals surface area (Å²) in [6, 6.07) is 13.2. The van der Waals surface area contributed by atoms with E-state index in [1.54, 1.807) is 48.8 Å². The van der Waals surface area contributed by atoms with Gasteiger partial charge in [0.15, 0.2) is 0 Å². The van der Waals surface area contributed by atoms with Crippen LogP contribution in [0.3, 0.4) is 0 Å². The minimum Gasteiger partial charge on any atom is -0.338 e. The lowest BCUT2D eigenvalue weighted by atomic mass is 10.0. The number of nitrogens with one attached hydrogen (secondary N) is 1. The van der Waals surface area contributed by atoms with Gasteiger partial charge in [-0.1, -0.05) is 29.8 Å². The molecule has 1 N–H and O–H groups in total. The SMILES string of the molecule is Cn1ccnc1[C@@H](NC(=O)c1cccc(N2C(=O)CCC2=O)c1)c1ccc(Cl)cc1. The molecule has 0 radical (unpaired) electrons. The summed E-state index contributed by atoms with van der Waals surface area (Å²) in [5.74, 6) is -0.208. The maximum Gasteiger partial charge on any atom is 0.252 e. The Morgan fingerprint density at radius 1 is 1.10 bits per heavy atom. The highest BCUT2D eigenvalue weighted by Crippen LogP contribution is 2.25. The van der Waals surface area contributed by atoms with Crippen LogP contribution in [0.25, 0.3) is 0 Å². The molecule has 2 heterocycles. The second kappa shape index (κ2) is 8.12. The van der Waals surface area contributed by atoms with Gasteiger partial charge in [0.2, 0.25) is 11.8 Å². The molecule has 1 aromatic heterocycles. The Labute approximate surface area is 178 Å². The predicted octanol–water partition coefficient (Wildman–Crippen LogP) is 3.25. The summed E-state index contributed by atoms with van der Waals surface area (Å²) < 4.78 is 1.83. The number of hydrogen-bond acceptors (Lipinski definition) is 4. The van der Waals surface area contributed by atoms with Crippen molar-refractivity contribution in [2.45, 2.75) is 18.9 Å². The molecule has 7 nitrogen and oxygen atoms in total. The Hall–Kier alpha value is -3.45. The number of amides is 3. The van der Waals surface area contributed by atoms with Gasteiger partial charge in [0.1, 0.15) is 11.9 Å². The van der Waals surface area contributed by atoms with E-state index in [0.29, 0.717) is 22.1 Å². The largest absolute Gasteiger partial charge is 0.338 e. The summed E-state index contributed by atoms with van der Waals surface area (Å²) in [6.45, 7) is 0. The van der Waals surface area contributed by atoms with Crippen molar-refractivity contribution in [3.05, 3.63) is 82.9 Å². The quantitative estimate of drug-likeness (QED) is 0.640. The van der Waals surface area contributed by atoms with E-state index in [2.05, 4.69) is 10.3 Å². The number of aromatic nitrogens is 2. The summed E-state index contributed by atoms with van der Waals surface area (Å²) >= 11 is 6.01. The molecular formula is C22H19ClN4O3. The van der Waals surface area contributed by atoms with E-state index < -0.39 is 6.04 Å². The molecule has 0 aliphatic carbocycles. The molecule has 152 valence electrons. The van der Waals surface area contributed by atoms with E-state index in [9.17, 15) is 14.4 Å². The third-order valence-corrected chi connectivity index (χ3v) is 5.27. The Morgan fingerprint density at radius 3 is 2.43 bits per heavy atom. The van der Waals surface area contributed by atoms with Crippen molar-refractivity contribution in [2.75, 3.05) is 4.90 Å². The van der Waals surface area contributed by atoms with Gasteiger partial charge < -0.3 is 9.88 Å². The molecule has 3 amide bonds. The monoisotopic (exact) mass is 422 g/mol. The van der Waals surface area contributed by atoms with Gasteiger partial charge in [-0.15, -0.1) is 0 Å². The zero-order valence-corrected chi connectivity index (χ0v) is 17.0. The molecule has 1 saturated heterocycles. The normalized spacial score (nSPS) is 14.8. The predicted molar refractivity (Wildman–Crippen MR) is 112 cm³/mol. The summed E-state index contributed by atoms with van der Waals surface area (Å²) in [5, 5.41) is 3.59. The van der Waals surface area contributed by atoms with Crippen LogP contribution in [0.15, 0.2) is 60.9 Å². The maximum atomic E-state index is 13.1. The van der Waals surface area contributed by atoms with Gasteiger partial charge >= 0.3 is 0 Å². The van der Waals surface area contributed by atoms with Crippen molar-refractivity contribution < 1.29 is 14.4 Å². The number of carbonyl (C=O) groups excluding carboxylic acids is 3. The van der Waals surface area contributed by atoms with Gasteiger partial charge in [0, 0.05) is 42.9 Å². The van der Waals surface area contributed by atoms with E-state index in [4.69, 9.17) is 11.6 Å².